The molecule has 1 amide bonds. The zero-order chi connectivity index (χ0) is 22.6. The first kappa shape index (κ1) is 24.5. The molecule has 1 saturated carbocycles. The van der Waals surface area contributed by atoms with E-state index >= 15 is 0 Å². The zero-order valence-electron chi connectivity index (χ0n) is 19.0. The number of nitrogens with one attached hydrogen (secondary N) is 1. The number of rotatable bonds is 5. The van der Waals surface area contributed by atoms with Gasteiger partial charge < -0.3 is 9.80 Å². The van der Waals surface area contributed by atoms with Gasteiger partial charge in [0.25, 0.3) is 5.91 Å². The lowest BCUT2D eigenvalue weighted by molar-refractivity contribution is 0.0759. The van der Waals surface area contributed by atoms with Gasteiger partial charge in [-0.3, -0.25) is 4.79 Å². The Morgan fingerprint density at radius 2 is 1.77 bits per heavy atom. The molecule has 8 heteroatoms. The van der Waals surface area contributed by atoms with E-state index in [1.165, 1.54) is 44.2 Å². The first-order valence-electron chi connectivity index (χ1n) is 11.4. The van der Waals surface area contributed by atoms with Crippen molar-refractivity contribution in [3.8, 4) is 0 Å². The lowest BCUT2D eigenvalue weighted by Crippen LogP contribution is -2.40. The largest absolute Gasteiger partial charge is 0.337 e. The highest BCUT2D eigenvalue weighted by Crippen LogP contribution is 2.26. The van der Waals surface area contributed by atoms with E-state index in [0.717, 1.165) is 32.0 Å². The molecule has 0 unspecified atom stereocenters. The third-order valence-corrected chi connectivity index (χ3v) is 8.26. The second kappa shape index (κ2) is 10.2. The van der Waals surface area contributed by atoms with Gasteiger partial charge in [-0.25, -0.2) is 13.1 Å². The van der Waals surface area contributed by atoms with E-state index in [1.54, 1.807) is 26.8 Å². The SMILES string of the molecule is CC(C)(C)NS(=O)(=O)c1cc(C(=O)N2CCCN(CC3CCCCC3)CC2)ccc1Cl. The highest BCUT2D eigenvalue weighted by molar-refractivity contribution is 7.89. The van der Waals surface area contributed by atoms with Crippen molar-refractivity contribution in [3.05, 3.63) is 28.8 Å². The average molecular weight is 470 g/mol. The summed E-state index contributed by atoms with van der Waals surface area (Å²) < 4.78 is 28.2. The molecule has 0 aromatic heterocycles. The second-order valence-corrected chi connectivity index (χ2v) is 12.0. The minimum absolute atomic E-state index is 0.0521. The van der Waals surface area contributed by atoms with Crippen molar-refractivity contribution >= 4 is 27.5 Å². The van der Waals surface area contributed by atoms with Gasteiger partial charge in [-0.05, 0) is 70.7 Å². The Labute approximate surface area is 192 Å². The van der Waals surface area contributed by atoms with Crippen molar-refractivity contribution < 1.29 is 13.2 Å². The van der Waals surface area contributed by atoms with Gasteiger partial charge in [0.05, 0.1) is 5.02 Å². The van der Waals surface area contributed by atoms with Crippen molar-refractivity contribution in [1.29, 1.82) is 0 Å². The van der Waals surface area contributed by atoms with Crippen LogP contribution in [0.2, 0.25) is 5.02 Å². The molecule has 1 N–H and O–H groups in total. The van der Waals surface area contributed by atoms with Crippen molar-refractivity contribution in [2.75, 3.05) is 32.7 Å². The summed E-state index contributed by atoms with van der Waals surface area (Å²) in [6, 6.07) is 4.52. The molecule has 1 aliphatic heterocycles. The highest BCUT2D eigenvalue weighted by atomic mass is 35.5. The number of hydrogen-bond donors (Lipinski definition) is 1. The normalized spacial score (nSPS) is 19.9. The lowest BCUT2D eigenvalue weighted by Gasteiger charge is -2.28. The molecular weight excluding hydrogens is 434 g/mol. The van der Waals surface area contributed by atoms with Gasteiger partial charge in [-0.15, -0.1) is 0 Å². The minimum Gasteiger partial charge on any atom is -0.337 e. The molecule has 6 nitrogen and oxygen atoms in total. The van der Waals surface area contributed by atoms with Crippen LogP contribution in [0.15, 0.2) is 23.1 Å². The maximum Gasteiger partial charge on any atom is 0.253 e. The van der Waals surface area contributed by atoms with Crippen LogP contribution in [-0.4, -0.2) is 62.4 Å². The van der Waals surface area contributed by atoms with Crippen molar-refractivity contribution in [2.45, 2.75) is 69.7 Å². The quantitative estimate of drug-likeness (QED) is 0.703. The fourth-order valence-corrected chi connectivity index (χ4v) is 6.52. The van der Waals surface area contributed by atoms with Gasteiger partial charge in [0.15, 0.2) is 0 Å². The molecule has 0 atom stereocenters. The first-order chi connectivity index (χ1) is 14.5. The van der Waals surface area contributed by atoms with Crippen LogP contribution in [0.3, 0.4) is 0 Å². The maximum atomic E-state index is 13.2. The third-order valence-electron chi connectivity index (χ3n) is 6.03. The fourth-order valence-electron chi connectivity index (χ4n) is 4.57. The Morgan fingerprint density at radius 3 is 2.45 bits per heavy atom. The Bertz CT molecular complexity index is 877. The fraction of sp³-hybridized carbons (Fsp3) is 0.696. The Balaban J connectivity index is 1.68. The van der Waals surface area contributed by atoms with Crippen LogP contribution in [0.4, 0.5) is 0 Å². The summed E-state index contributed by atoms with van der Waals surface area (Å²) in [5.41, 5.74) is -0.284. The van der Waals surface area contributed by atoms with Crippen LogP contribution >= 0.6 is 11.6 Å². The smallest absolute Gasteiger partial charge is 0.253 e. The minimum atomic E-state index is -3.83. The molecule has 1 saturated heterocycles. The topological polar surface area (TPSA) is 69.7 Å². The molecule has 3 rings (SSSR count). The molecule has 1 heterocycles. The molecule has 174 valence electrons. The van der Waals surface area contributed by atoms with Gasteiger partial charge in [0, 0.05) is 37.3 Å². The van der Waals surface area contributed by atoms with Gasteiger partial charge in [-0.1, -0.05) is 30.9 Å². The summed E-state index contributed by atoms with van der Waals surface area (Å²) in [6.07, 6.45) is 7.63. The number of benzene rings is 1. The number of hydrogen-bond acceptors (Lipinski definition) is 4. The van der Waals surface area contributed by atoms with E-state index in [2.05, 4.69) is 9.62 Å². The van der Waals surface area contributed by atoms with E-state index in [1.807, 2.05) is 4.90 Å². The molecule has 2 fully saturated rings. The van der Waals surface area contributed by atoms with E-state index in [9.17, 15) is 13.2 Å². The van der Waals surface area contributed by atoms with Crippen molar-refractivity contribution in [1.82, 2.24) is 14.5 Å². The predicted octanol–water partition coefficient (Wildman–Crippen LogP) is 4.15. The molecule has 31 heavy (non-hydrogen) atoms. The molecule has 0 radical (unpaired) electrons. The molecule has 1 aromatic carbocycles. The maximum absolute atomic E-state index is 13.2. The number of halogens is 1. The number of nitrogens with zero attached hydrogens (tertiary/aromatic N) is 2. The van der Waals surface area contributed by atoms with Crippen molar-refractivity contribution in [3.63, 3.8) is 0 Å². The monoisotopic (exact) mass is 469 g/mol. The third kappa shape index (κ3) is 6.91. The molecular formula is C23H36ClN3O3S. The van der Waals surface area contributed by atoms with Crippen LogP contribution in [-0.2, 0) is 10.0 Å². The van der Waals surface area contributed by atoms with Crippen molar-refractivity contribution in [2.24, 2.45) is 5.92 Å². The summed E-state index contributed by atoms with van der Waals surface area (Å²) in [4.78, 5) is 17.5. The molecule has 0 bridgehead atoms. The number of carbonyl (C=O) groups is 1. The summed E-state index contributed by atoms with van der Waals surface area (Å²) in [5, 5.41) is 0.114. The zero-order valence-corrected chi connectivity index (χ0v) is 20.6. The summed E-state index contributed by atoms with van der Waals surface area (Å²) in [7, 11) is -3.83. The number of amides is 1. The van der Waals surface area contributed by atoms with Gasteiger partial charge >= 0.3 is 0 Å². The molecule has 1 aromatic rings. The summed E-state index contributed by atoms with van der Waals surface area (Å²) >= 11 is 6.19. The second-order valence-electron chi connectivity index (χ2n) is 9.95. The molecule has 0 spiro atoms. The highest BCUT2D eigenvalue weighted by Gasteiger charge is 2.27. The predicted molar refractivity (Wildman–Crippen MR) is 125 cm³/mol. The summed E-state index contributed by atoms with van der Waals surface area (Å²) in [6.45, 7) is 9.66. The number of sulfonamides is 1. The Morgan fingerprint density at radius 1 is 1.06 bits per heavy atom. The Kier molecular flexibility index (Phi) is 8.05. The van der Waals surface area contributed by atoms with Crippen LogP contribution in [0.1, 0.15) is 69.7 Å². The van der Waals surface area contributed by atoms with E-state index in [4.69, 9.17) is 11.6 Å². The van der Waals surface area contributed by atoms with Crippen LogP contribution < -0.4 is 4.72 Å². The van der Waals surface area contributed by atoms with Gasteiger partial charge in [0.1, 0.15) is 4.90 Å². The molecule has 2 aliphatic rings. The van der Waals surface area contributed by atoms with E-state index < -0.39 is 15.6 Å². The van der Waals surface area contributed by atoms with Crippen LogP contribution in [0.5, 0.6) is 0 Å². The first-order valence-corrected chi connectivity index (χ1v) is 13.3. The van der Waals surface area contributed by atoms with Gasteiger partial charge in [0.2, 0.25) is 10.0 Å². The Hall–Kier alpha value is -1.15. The van der Waals surface area contributed by atoms with E-state index in [0.29, 0.717) is 18.7 Å². The summed E-state index contributed by atoms with van der Waals surface area (Å²) in [5.74, 6) is 0.652. The van der Waals surface area contributed by atoms with Gasteiger partial charge in [-0.2, -0.15) is 0 Å². The van der Waals surface area contributed by atoms with Crippen LogP contribution in [0, 0.1) is 5.92 Å². The average Bonchev–Trinajstić information content (AvgIpc) is 2.92. The van der Waals surface area contributed by atoms with Crippen LogP contribution in [0.25, 0.3) is 0 Å². The number of carbonyl (C=O) groups excluding carboxylic acids is 1. The standard InChI is InChI=1S/C23H36ClN3O3S/c1-23(2,3)25-31(29,30)21-16-19(10-11-20(21)24)22(28)27-13-7-12-26(14-15-27)17-18-8-5-4-6-9-18/h10-11,16,18,25H,4-9,12-15,17H2,1-3H3. The van der Waals surface area contributed by atoms with E-state index in [-0.39, 0.29) is 15.8 Å². The molecule has 1 aliphatic carbocycles. The lowest BCUT2D eigenvalue weighted by atomic mass is 9.89.